The number of hydrogen-bond acceptors (Lipinski definition) is 5. The molecular weight excluding hydrogens is 478 g/mol. The summed E-state index contributed by atoms with van der Waals surface area (Å²) in [5.41, 5.74) is 4.46. The van der Waals surface area contributed by atoms with E-state index in [1.165, 1.54) is 43.2 Å². The van der Waals surface area contributed by atoms with Gasteiger partial charge >= 0.3 is 0 Å². The lowest BCUT2D eigenvalue weighted by Crippen LogP contribution is -2.53. The number of ether oxygens (including phenoxy) is 3. The van der Waals surface area contributed by atoms with E-state index in [2.05, 4.69) is 24.3 Å². The van der Waals surface area contributed by atoms with Crippen LogP contribution in [0, 0.1) is 17.8 Å². The van der Waals surface area contributed by atoms with Gasteiger partial charge in [0.1, 0.15) is 27.8 Å². The van der Waals surface area contributed by atoms with Crippen LogP contribution in [0.3, 0.4) is 0 Å². The van der Waals surface area contributed by atoms with Gasteiger partial charge in [0.25, 0.3) is 0 Å². The van der Waals surface area contributed by atoms with Crippen LogP contribution in [-0.4, -0.2) is 24.8 Å². The number of para-hydroxylation sites is 2. The minimum atomic E-state index is -0.0798. The summed E-state index contributed by atoms with van der Waals surface area (Å²) in [6.07, 6.45) is 8.77. The maximum Gasteiger partial charge on any atom is 0.146 e. The molecule has 4 aromatic rings. The number of fused-ring (bicyclic) bond motifs is 1. The topological polar surface area (TPSA) is 40.6 Å². The minimum Gasteiger partial charge on any atom is -0.494 e. The van der Waals surface area contributed by atoms with Crippen molar-refractivity contribution in [2.75, 3.05) is 14.2 Å². The fourth-order valence-electron chi connectivity index (χ4n) is 7.21. The van der Waals surface area contributed by atoms with E-state index < -0.39 is 0 Å². The van der Waals surface area contributed by atoms with E-state index in [-0.39, 0.29) is 5.60 Å². The zero-order valence-electron chi connectivity index (χ0n) is 21.3. The SMILES string of the molecule is COc1cc(C=C2C3CC4CC(C3)CC2(OC)C4)cc2sc(-c3ccccc3Oc3ccccc3)nc12. The van der Waals surface area contributed by atoms with Crippen molar-refractivity contribution in [3.8, 4) is 27.8 Å². The Labute approximate surface area is 221 Å². The van der Waals surface area contributed by atoms with Gasteiger partial charge in [0.05, 0.1) is 23.0 Å². The monoisotopic (exact) mass is 509 g/mol. The Morgan fingerprint density at radius 1 is 0.892 bits per heavy atom. The van der Waals surface area contributed by atoms with Gasteiger partial charge in [-0.15, -0.1) is 11.3 Å². The molecule has 0 spiro atoms. The smallest absolute Gasteiger partial charge is 0.146 e. The summed E-state index contributed by atoms with van der Waals surface area (Å²) >= 11 is 1.68. The molecule has 1 aromatic heterocycles. The quantitative estimate of drug-likeness (QED) is 0.262. The highest BCUT2D eigenvalue weighted by molar-refractivity contribution is 7.21. The largest absolute Gasteiger partial charge is 0.494 e. The number of hydrogen-bond donors (Lipinski definition) is 0. The second kappa shape index (κ2) is 9.00. The number of benzene rings is 3. The van der Waals surface area contributed by atoms with Gasteiger partial charge in [-0.2, -0.15) is 0 Å². The second-order valence-electron chi connectivity index (χ2n) is 10.8. The molecule has 4 aliphatic carbocycles. The third-order valence-electron chi connectivity index (χ3n) is 8.61. The highest BCUT2D eigenvalue weighted by Gasteiger charge is 2.54. The van der Waals surface area contributed by atoms with Crippen LogP contribution in [-0.2, 0) is 4.74 Å². The summed E-state index contributed by atoms with van der Waals surface area (Å²) in [4.78, 5) is 5.01. The molecule has 4 fully saturated rings. The van der Waals surface area contributed by atoms with Crippen molar-refractivity contribution in [1.82, 2.24) is 4.98 Å². The van der Waals surface area contributed by atoms with E-state index >= 15 is 0 Å². The van der Waals surface area contributed by atoms with Gasteiger partial charge in [-0.1, -0.05) is 36.4 Å². The first-order chi connectivity index (χ1) is 18.1. The first-order valence-corrected chi connectivity index (χ1v) is 14.0. The normalized spacial score (nSPS) is 27.2. The molecule has 0 radical (unpaired) electrons. The van der Waals surface area contributed by atoms with Gasteiger partial charge in [0.2, 0.25) is 0 Å². The highest BCUT2D eigenvalue weighted by atomic mass is 32.1. The molecule has 0 amide bonds. The Bertz CT molecular complexity index is 1480. The Balaban J connectivity index is 1.29. The zero-order chi connectivity index (χ0) is 25.0. The molecule has 3 aromatic carbocycles. The average Bonchev–Trinajstić information content (AvgIpc) is 3.35. The molecule has 1 heterocycles. The molecule has 37 heavy (non-hydrogen) atoms. The fourth-order valence-corrected chi connectivity index (χ4v) is 8.27. The number of thiazole rings is 1. The number of methoxy groups -OCH3 is 2. The lowest BCUT2D eigenvalue weighted by atomic mass is 9.52. The Hall–Kier alpha value is -3.15. The number of aromatic nitrogens is 1. The molecule has 8 rings (SSSR count). The fraction of sp³-hybridized carbons (Fsp3) is 0.344. The molecule has 0 N–H and O–H groups in total. The summed E-state index contributed by atoms with van der Waals surface area (Å²) in [5.74, 6) is 4.72. The second-order valence-corrected chi connectivity index (χ2v) is 11.9. The predicted octanol–water partition coefficient (Wildman–Crippen LogP) is 8.37. The molecular formula is C32H31NO3S. The maximum absolute atomic E-state index is 6.28. The summed E-state index contributed by atoms with van der Waals surface area (Å²) in [6.45, 7) is 0. The van der Waals surface area contributed by atoms with E-state index in [9.17, 15) is 0 Å². The van der Waals surface area contributed by atoms with E-state index in [1.807, 2.05) is 55.6 Å². The van der Waals surface area contributed by atoms with Crippen LogP contribution in [0.1, 0.15) is 37.7 Å². The zero-order valence-corrected chi connectivity index (χ0v) is 22.1. The van der Waals surface area contributed by atoms with Gasteiger partial charge in [-0.05, 0) is 97.4 Å². The van der Waals surface area contributed by atoms with Crippen LogP contribution in [0.15, 0.2) is 72.3 Å². The molecule has 4 saturated carbocycles. The van der Waals surface area contributed by atoms with Crippen molar-refractivity contribution in [2.24, 2.45) is 17.8 Å². The molecule has 4 nitrogen and oxygen atoms in total. The molecule has 5 heteroatoms. The van der Waals surface area contributed by atoms with Crippen LogP contribution in [0.25, 0.3) is 26.9 Å². The molecule has 2 atom stereocenters. The molecule has 0 saturated heterocycles. The number of nitrogens with zero attached hydrogens (tertiary/aromatic N) is 1. The molecule has 2 unspecified atom stereocenters. The maximum atomic E-state index is 6.28. The lowest BCUT2D eigenvalue weighted by molar-refractivity contribution is -0.0997. The average molecular weight is 510 g/mol. The van der Waals surface area contributed by atoms with Gasteiger partial charge in [-0.3, -0.25) is 0 Å². The Morgan fingerprint density at radius 3 is 2.41 bits per heavy atom. The summed E-state index contributed by atoms with van der Waals surface area (Å²) in [6, 6.07) is 22.4. The van der Waals surface area contributed by atoms with Gasteiger partial charge in [0, 0.05) is 7.11 Å². The lowest BCUT2D eigenvalue weighted by Gasteiger charge is -2.57. The predicted molar refractivity (Wildman–Crippen MR) is 149 cm³/mol. The van der Waals surface area contributed by atoms with Crippen LogP contribution in [0.2, 0.25) is 0 Å². The van der Waals surface area contributed by atoms with Gasteiger partial charge < -0.3 is 14.2 Å². The summed E-state index contributed by atoms with van der Waals surface area (Å²) in [5, 5.41) is 0.924. The number of rotatable bonds is 6. The van der Waals surface area contributed by atoms with Gasteiger partial charge in [0.15, 0.2) is 0 Å². The minimum absolute atomic E-state index is 0.0798. The van der Waals surface area contributed by atoms with Crippen LogP contribution in [0.5, 0.6) is 17.2 Å². The van der Waals surface area contributed by atoms with Crippen molar-refractivity contribution in [3.05, 3.63) is 77.9 Å². The van der Waals surface area contributed by atoms with E-state index in [4.69, 9.17) is 19.2 Å². The third-order valence-corrected chi connectivity index (χ3v) is 9.64. The van der Waals surface area contributed by atoms with Crippen LogP contribution in [0.4, 0.5) is 0 Å². The molecule has 4 bridgehead atoms. The van der Waals surface area contributed by atoms with Crippen LogP contribution < -0.4 is 9.47 Å². The van der Waals surface area contributed by atoms with Crippen molar-refractivity contribution >= 4 is 27.6 Å². The molecule has 4 aliphatic rings. The van der Waals surface area contributed by atoms with Crippen molar-refractivity contribution in [2.45, 2.75) is 37.7 Å². The van der Waals surface area contributed by atoms with E-state index in [1.54, 1.807) is 18.4 Å². The molecule has 188 valence electrons. The van der Waals surface area contributed by atoms with Crippen molar-refractivity contribution < 1.29 is 14.2 Å². The van der Waals surface area contributed by atoms with Crippen LogP contribution >= 0.6 is 11.3 Å². The van der Waals surface area contributed by atoms with Crippen molar-refractivity contribution in [1.29, 1.82) is 0 Å². The summed E-state index contributed by atoms with van der Waals surface area (Å²) in [7, 11) is 3.64. The van der Waals surface area contributed by atoms with Crippen molar-refractivity contribution in [3.63, 3.8) is 0 Å². The third kappa shape index (κ3) is 3.96. The molecule has 0 aliphatic heterocycles. The van der Waals surface area contributed by atoms with E-state index in [0.29, 0.717) is 5.92 Å². The first kappa shape index (κ1) is 23.0. The Morgan fingerprint density at radius 2 is 1.65 bits per heavy atom. The van der Waals surface area contributed by atoms with E-state index in [0.717, 1.165) is 49.9 Å². The highest BCUT2D eigenvalue weighted by Crippen LogP contribution is 2.60. The standard InChI is InChI=1S/C32H31NO3S/c1-34-28-16-20(15-26-23-13-21-12-22(14-23)19-32(26,18-21)35-2)17-29-30(28)33-31(37-29)25-10-6-7-11-27(25)36-24-8-4-3-5-9-24/h3-11,15-17,21-23H,12-14,18-19H2,1-2H3. The Kier molecular flexibility index (Phi) is 5.60. The van der Waals surface area contributed by atoms with Gasteiger partial charge in [-0.25, -0.2) is 4.98 Å². The summed E-state index contributed by atoms with van der Waals surface area (Å²) < 4.78 is 19.5. The first-order valence-electron chi connectivity index (χ1n) is 13.2.